The Balaban J connectivity index is 2.18. The summed E-state index contributed by atoms with van der Waals surface area (Å²) in [6, 6.07) is 17.3. The first-order chi connectivity index (χ1) is 9.76. The average molecular weight is 269 g/mol. The number of carbonyl (C=O) groups is 1. The van der Waals surface area contributed by atoms with Crippen molar-refractivity contribution < 1.29 is 9.53 Å². The summed E-state index contributed by atoms with van der Waals surface area (Å²) >= 11 is 0. The number of amides is 1. The summed E-state index contributed by atoms with van der Waals surface area (Å²) in [4.78, 5) is 12.4. The van der Waals surface area contributed by atoms with Gasteiger partial charge in [0, 0.05) is 0 Å². The molecule has 2 aromatic carbocycles. The number of anilines is 1. The van der Waals surface area contributed by atoms with E-state index >= 15 is 0 Å². The van der Waals surface area contributed by atoms with E-state index in [0.717, 1.165) is 12.0 Å². The highest BCUT2D eigenvalue weighted by Gasteiger charge is 2.19. The van der Waals surface area contributed by atoms with Gasteiger partial charge >= 0.3 is 0 Å². The van der Waals surface area contributed by atoms with Crippen LogP contribution in [0, 0.1) is 0 Å². The summed E-state index contributed by atoms with van der Waals surface area (Å²) in [5.41, 5.74) is 1.73. The van der Waals surface area contributed by atoms with E-state index < -0.39 is 0 Å². The Hall–Kier alpha value is -2.29. The van der Waals surface area contributed by atoms with Crippen molar-refractivity contribution in [3.63, 3.8) is 0 Å². The number of benzene rings is 2. The largest absolute Gasteiger partial charge is 0.495 e. The van der Waals surface area contributed by atoms with Crippen LogP contribution in [-0.2, 0) is 4.79 Å². The Kier molecular flexibility index (Phi) is 4.77. The van der Waals surface area contributed by atoms with Crippen LogP contribution in [0.25, 0.3) is 0 Å². The summed E-state index contributed by atoms with van der Waals surface area (Å²) in [6.07, 6.45) is 0.755. The molecule has 104 valence electrons. The van der Waals surface area contributed by atoms with Gasteiger partial charge in [-0.15, -0.1) is 0 Å². The second kappa shape index (κ2) is 6.75. The summed E-state index contributed by atoms with van der Waals surface area (Å²) < 4.78 is 5.25. The van der Waals surface area contributed by atoms with Crippen LogP contribution in [0.2, 0.25) is 0 Å². The maximum atomic E-state index is 12.4. The normalized spacial score (nSPS) is 11.7. The molecule has 2 rings (SSSR count). The zero-order valence-corrected chi connectivity index (χ0v) is 11.8. The molecule has 0 bridgehead atoms. The minimum Gasteiger partial charge on any atom is -0.495 e. The van der Waals surface area contributed by atoms with Gasteiger partial charge in [0.1, 0.15) is 5.75 Å². The first kappa shape index (κ1) is 14.1. The molecule has 1 unspecified atom stereocenters. The highest BCUT2D eigenvalue weighted by atomic mass is 16.5. The summed E-state index contributed by atoms with van der Waals surface area (Å²) in [5.74, 6) is 0.507. The summed E-state index contributed by atoms with van der Waals surface area (Å²) in [6.45, 7) is 2.01. The molecule has 0 heterocycles. The molecule has 3 nitrogen and oxygen atoms in total. The molecule has 1 N–H and O–H groups in total. The van der Waals surface area contributed by atoms with Crippen molar-refractivity contribution in [1.82, 2.24) is 0 Å². The van der Waals surface area contributed by atoms with Crippen LogP contribution in [0.4, 0.5) is 5.69 Å². The van der Waals surface area contributed by atoms with Gasteiger partial charge < -0.3 is 10.1 Å². The van der Waals surface area contributed by atoms with E-state index in [1.54, 1.807) is 7.11 Å². The summed E-state index contributed by atoms with van der Waals surface area (Å²) in [7, 11) is 1.60. The first-order valence-electron chi connectivity index (χ1n) is 6.75. The minimum atomic E-state index is -0.152. The lowest BCUT2D eigenvalue weighted by atomic mass is 9.95. The van der Waals surface area contributed by atoms with Crippen LogP contribution in [0.15, 0.2) is 54.6 Å². The zero-order valence-electron chi connectivity index (χ0n) is 11.8. The van der Waals surface area contributed by atoms with E-state index in [1.165, 1.54) is 0 Å². The van der Waals surface area contributed by atoms with Gasteiger partial charge in [0.2, 0.25) is 5.91 Å². The van der Waals surface area contributed by atoms with E-state index in [4.69, 9.17) is 4.74 Å². The van der Waals surface area contributed by atoms with Crippen molar-refractivity contribution in [3.8, 4) is 5.75 Å². The van der Waals surface area contributed by atoms with Gasteiger partial charge in [0.15, 0.2) is 0 Å². The maximum absolute atomic E-state index is 12.4. The zero-order chi connectivity index (χ0) is 14.4. The second-order valence-corrected chi connectivity index (χ2v) is 4.56. The molecule has 0 aliphatic heterocycles. The van der Waals surface area contributed by atoms with Crippen molar-refractivity contribution in [2.24, 2.45) is 0 Å². The Labute approximate surface area is 119 Å². The fourth-order valence-electron chi connectivity index (χ4n) is 2.23. The molecule has 0 saturated carbocycles. The van der Waals surface area contributed by atoms with Crippen molar-refractivity contribution in [3.05, 3.63) is 60.2 Å². The van der Waals surface area contributed by atoms with Gasteiger partial charge in [-0.1, -0.05) is 49.4 Å². The van der Waals surface area contributed by atoms with Crippen molar-refractivity contribution in [1.29, 1.82) is 0 Å². The van der Waals surface area contributed by atoms with Gasteiger partial charge in [-0.3, -0.25) is 4.79 Å². The number of para-hydroxylation sites is 2. The minimum absolute atomic E-state index is 0.0109. The molecule has 0 radical (unpaired) electrons. The third-order valence-electron chi connectivity index (χ3n) is 3.29. The van der Waals surface area contributed by atoms with Crippen LogP contribution < -0.4 is 10.1 Å². The van der Waals surface area contributed by atoms with Crippen LogP contribution in [0.3, 0.4) is 0 Å². The lowest BCUT2D eigenvalue weighted by Gasteiger charge is -2.16. The number of nitrogens with one attached hydrogen (secondary N) is 1. The van der Waals surface area contributed by atoms with Gasteiger partial charge in [-0.25, -0.2) is 0 Å². The molecule has 0 spiro atoms. The number of methoxy groups -OCH3 is 1. The van der Waals surface area contributed by atoms with Gasteiger partial charge in [0.05, 0.1) is 18.7 Å². The Morgan fingerprint density at radius 3 is 2.40 bits per heavy atom. The molecule has 0 aliphatic carbocycles. The van der Waals surface area contributed by atoms with Gasteiger partial charge in [0.25, 0.3) is 0 Å². The van der Waals surface area contributed by atoms with E-state index in [1.807, 2.05) is 61.5 Å². The molecular weight excluding hydrogens is 250 g/mol. The monoisotopic (exact) mass is 269 g/mol. The van der Waals surface area contributed by atoms with Gasteiger partial charge in [-0.2, -0.15) is 0 Å². The van der Waals surface area contributed by atoms with E-state index in [2.05, 4.69) is 5.32 Å². The third kappa shape index (κ3) is 3.18. The number of rotatable bonds is 5. The Morgan fingerprint density at radius 2 is 1.75 bits per heavy atom. The quantitative estimate of drug-likeness (QED) is 0.896. The lowest BCUT2D eigenvalue weighted by molar-refractivity contribution is -0.117. The molecule has 3 heteroatoms. The predicted octanol–water partition coefficient (Wildman–Crippen LogP) is 3.83. The molecule has 0 aromatic heterocycles. The standard InChI is InChI=1S/C17H19NO2/c1-3-14(13-9-5-4-6-10-13)17(19)18-15-11-7-8-12-16(15)20-2/h4-12,14H,3H2,1-2H3,(H,18,19). The molecule has 2 aromatic rings. The molecule has 0 aliphatic rings. The summed E-state index contributed by atoms with van der Waals surface area (Å²) in [5, 5.41) is 2.95. The van der Waals surface area contributed by atoms with E-state index in [0.29, 0.717) is 11.4 Å². The Bertz CT molecular complexity index is 566. The molecule has 20 heavy (non-hydrogen) atoms. The predicted molar refractivity (Wildman–Crippen MR) is 81.1 cm³/mol. The highest BCUT2D eigenvalue weighted by molar-refractivity contribution is 5.97. The first-order valence-corrected chi connectivity index (χ1v) is 6.75. The average Bonchev–Trinajstić information content (AvgIpc) is 2.49. The molecule has 1 atom stereocenters. The third-order valence-corrected chi connectivity index (χ3v) is 3.29. The van der Waals surface area contributed by atoms with Crippen molar-refractivity contribution >= 4 is 11.6 Å². The maximum Gasteiger partial charge on any atom is 0.232 e. The second-order valence-electron chi connectivity index (χ2n) is 4.56. The Morgan fingerprint density at radius 1 is 1.10 bits per heavy atom. The fourth-order valence-corrected chi connectivity index (χ4v) is 2.23. The smallest absolute Gasteiger partial charge is 0.232 e. The number of carbonyl (C=O) groups excluding carboxylic acids is 1. The molecule has 1 amide bonds. The van der Waals surface area contributed by atoms with E-state index in [9.17, 15) is 4.79 Å². The number of hydrogen-bond acceptors (Lipinski definition) is 2. The van der Waals surface area contributed by atoms with E-state index in [-0.39, 0.29) is 11.8 Å². The SMILES string of the molecule is CCC(C(=O)Nc1ccccc1OC)c1ccccc1. The van der Waals surface area contributed by atoms with Crippen molar-refractivity contribution in [2.45, 2.75) is 19.3 Å². The molecule has 0 fully saturated rings. The number of ether oxygens (including phenoxy) is 1. The molecule has 0 saturated heterocycles. The topological polar surface area (TPSA) is 38.3 Å². The lowest BCUT2D eigenvalue weighted by Crippen LogP contribution is -2.21. The number of hydrogen-bond donors (Lipinski definition) is 1. The highest BCUT2D eigenvalue weighted by Crippen LogP contribution is 2.26. The van der Waals surface area contributed by atoms with Crippen LogP contribution >= 0.6 is 0 Å². The van der Waals surface area contributed by atoms with Crippen molar-refractivity contribution in [2.75, 3.05) is 12.4 Å². The van der Waals surface area contributed by atoms with Crippen LogP contribution in [0.5, 0.6) is 5.75 Å². The fraction of sp³-hybridized carbons (Fsp3) is 0.235. The van der Waals surface area contributed by atoms with Crippen LogP contribution in [0.1, 0.15) is 24.8 Å². The molecular formula is C17H19NO2. The van der Waals surface area contributed by atoms with Crippen LogP contribution in [-0.4, -0.2) is 13.0 Å². The van der Waals surface area contributed by atoms with Gasteiger partial charge in [-0.05, 0) is 24.1 Å².